The summed E-state index contributed by atoms with van der Waals surface area (Å²) in [5, 5.41) is 7.60. The van der Waals surface area contributed by atoms with Crippen molar-refractivity contribution in [2.45, 2.75) is 25.2 Å². The number of benzene rings is 1. The second-order valence-corrected chi connectivity index (χ2v) is 7.36. The number of ether oxygens (including phenoxy) is 1. The first-order chi connectivity index (χ1) is 12.6. The van der Waals surface area contributed by atoms with E-state index in [0.717, 1.165) is 36.6 Å². The van der Waals surface area contributed by atoms with Gasteiger partial charge in [0.1, 0.15) is 17.7 Å². The molecule has 1 aromatic heterocycles. The van der Waals surface area contributed by atoms with Gasteiger partial charge in [0.05, 0.1) is 24.9 Å². The summed E-state index contributed by atoms with van der Waals surface area (Å²) in [6.07, 6.45) is 5.47. The second kappa shape index (κ2) is 7.27. The van der Waals surface area contributed by atoms with Crippen LogP contribution in [0.2, 0.25) is 0 Å². The molecule has 2 aliphatic heterocycles. The van der Waals surface area contributed by atoms with Crippen molar-refractivity contribution < 1.29 is 13.5 Å². The first-order valence-corrected chi connectivity index (χ1v) is 9.95. The fraction of sp³-hybridized carbons (Fsp3) is 0.353. The minimum Gasteiger partial charge on any atom is -0.365 e. The molecule has 0 spiro atoms. The largest absolute Gasteiger partial charge is 0.365 e. The minimum atomic E-state index is -0.586. The van der Waals surface area contributed by atoms with Crippen LogP contribution in [0.3, 0.4) is 0 Å². The van der Waals surface area contributed by atoms with E-state index in [2.05, 4.69) is 24.5 Å². The Morgan fingerprint density at radius 2 is 2.19 bits per heavy atom. The van der Waals surface area contributed by atoms with Crippen molar-refractivity contribution in [1.29, 1.82) is 0 Å². The molecule has 0 aliphatic carbocycles. The molecule has 5 nitrogen and oxygen atoms in total. The van der Waals surface area contributed by atoms with Crippen molar-refractivity contribution in [3.05, 3.63) is 64.6 Å². The third kappa shape index (κ3) is 3.27. The monoisotopic (exact) mass is 396 g/mol. The highest BCUT2D eigenvalue weighted by molar-refractivity contribution is 7.97. The first kappa shape index (κ1) is 17.9. The zero-order valence-electron chi connectivity index (χ0n) is 14.2. The van der Waals surface area contributed by atoms with Crippen LogP contribution >= 0.6 is 21.3 Å². The molecule has 3 heterocycles. The predicted octanol–water partition coefficient (Wildman–Crippen LogP) is 3.01. The summed E-state index contributed by atoms with van der Waals surface area (Å²) >= 11 is 1.56. The van der Waals surface area contributed by atoms with Crippen molar-refractivity contribution in [3.63, 3.8) is 0 Å². The quantitative estimate of drug-likeness (QED) is 0.805. The van der Waals surface area contributed by atoms with E-state index in [1.807, 2.05) is 22.6 Å². The van der Waals surface area contributed by atoms with Gasteiger partial charge in [-0.2, -0.15) is 5.10 Å². The van der Waals surface area contributed by atoms with Crippen molar-refractivity contribution in [1.82, 2.24) is 19.2 Å². The van der Waals surface area contributed by atoms with Crippen molar-refractivity contribution in [2.75, 3.05) is 12.9 Å². The highest BCUT2D eigenvalue weighted by Gasteiger charge is 2.32. The van der Waals surface area contributed by atoms with Crippen molar-refractivity contribution >= 4 is 21.3 Å². The Bertz CT molecular complexity index is 836. The molecule has 0 amide bonds. The van der Waals surface area contributed by atoms with Gasteiger partial charge in [-0.05, 0) is 36.2 Å². The summed E-state index contributed by atoms with van der Waals surface area (Å²) in [7, 11) is 2.43. The van der Waals surface area contributed by atoms with Crippen LogP contribution in [0.25, 0.3) is 0 Å². The molecule has 2 aliphatic rings. The molecule has 2 unspecified atom stereocenters. The lowest BCUT2D eigenvalue weighted by atomic mass is 9.99. The van der Waals surface area contributed by atoms with Gasteiger partial charge in [0.25, 0.3) is 0 Å². The van der Waals surface area contributed by atoms with Gasteiger partial charge in [-0.1, -0.05) is 9.39 Å². The molecule has 138 valence electrons. The van der Waals surface area contributed by atoms with Crippen LogP contribution in [0.4, 0.5) is 8.78 Å². The number of hydrogen-bond donors (Lipinski definition) is 1. The van der Waals surface area contributed by atoms with Gasteiger partial charge in [0.15, 0.2) is 0 Å². The van der Waals surface area contributed by atoms with E-state index in [9.17, 15) is 8.78 Å². The molecule has 2 aromatic rings. The lowest BCUT2D eigenvalue weighted by molar-refractivity contribution is 0.0282. The summed E-state index contributed by atoms with van der Waals surface area (Å²) < 4.78 is 35.5. The van der Waals surface area contributed by atoms with E-state index in [1.54, 1.807) is 11.9 Å². The van der Waals surface area contributed by atoms with Gasteiger partial charge >= 0.3 is 0 Å². The van der Waals surface area contributed by atoms with Crippen LogP contribution in [0.1, 0.15) is 22.9 Å². The summed E-state index contributed by atoms with van der Waals surface area (Å²) in [4.78, 5) is 2.20. The van der Waals surface area contributed by atoms with E-state index in [-0.39, 0.29) is 11.6 Å². The van der Waals surface area contributed by atoms with E-state index in [4.69, 9.17) is 4.74 Å². The second-order valence-electron chi connectivity index (χ2n) is 6.29. The average Bonchev–Trinajstić information content (AvgIpc) is 3.22. The van der Waals surface area contributed by atoms with Crippen LogP contribution in [-0.2, 0) is 17.8 Å². The number of rotatable bonds is 4. The van der Waals surface area contributed by atoms with Crippen LogP contribution < -0.4 is 5.09 Å². The molecule has 1 aromatic carbocycles. The van der Waals surface area contributed by atoms with Gasteiger partial charge in [0, 0.05) is 35.8 Å². The Morgan fingerprint density at radius 3 is 2.92 bits per heavy atom. The summed E-state index contributed by atoms with van der Waals surface area (Å²) in [6, 6.07) is 3.17. The molecule has 26 heavy (non-hydrogen) atoms. The molecule has 1 N–H and O–H groups in total. The highest BCUT2D eigenvalue weighted by Crippen LogP contribution is 2.34. The van der Waals surface area contributed by atoms with Crippen molar-refractivity contribution in [3.8, 4) is 0 Å². The molecular formula is C17H19F2N4OPS. The molecular weight excluding hydrogens is 377 g/mol. The molecule has 9 heteroatoms. The van der Waals surface area contributed by atoms with Crippen LogP contribution in [0.15, 0.2) is 36.2 Å². The molecule has 0 fully saturated rings. The molecule has 0 saturated carbocycles. The zero-order chi connectivity index (χ0) is 18.3. The third-order valence-corrected chi connectivity index (χ3v) is 5.66. The normalized spacial score (nSPS) is 22.5. The SMILES string of the molecule is CSn1cc2c(n1)CN(C1=CC(NP)[C@@H](c3cc(F)ccc3F)OC1)C2. The van der Waals surface area contributed by atoms with Gasteiger partial charge < -0.3 is 9.64 Å². The van der Waals surface area contributed by atoms with Gasteiger partial charge in [-0.25, -0.2) is 12.9 Å². The smallest absolute Gasteiger partial charge is 0.129 e. The van der Waals surface area contributed by atoms with Crippen LogP contribution in [0, 0.1) is 11.6 Å². The fourth-order valence-electron chi connectivity index (χ4n) is 3.39. The maximum absolute atomic E-state index is 14.1. The maximum Gasteiger partial charge on any atom is 0.129 e. The zero-order valence-corrected chi connectivity index (χ0v) is 16.1. The summed E-state index contributed by atoms with van der Waals surface area (Å²) in [5.74, 6) is -0.941. The number of nitrogens with zero attached hydrogens (tertiary/aromatic N) is 3. The van der Waals surface area contributed by atoms with E-state index >= 15 is 0 Å². The predicted molar refractivity (Wildman–Crippen MR) is 100 cm³/mol. The molecule has 4 rings (SSSR count). The Labute approximate surface area is 157 Å². The Morgan fingerprint density at radius 1 is 1.35 bits per heavy atom. The standard InChI is InChI=1S/C17H19F2N4OPS/c1-26-23-7-10-6-22(8-16(10)20-23)12-5-15(21-25)17(24-9-12)13-4-11(18)2-3-14(13)19/h2-5,7,15,17,21H,6,8-9,25H2,1H3/t15?,17-/m1/s1. The molecule has 0 radical (unpaired) electrons. The van der Waals surface area contributed by atoms with Crippen molar-refractivity contribution in [2.24, 2.45) is 0 Å². The summed E-state index contributed by atoms with van der Waals surface area (Å²) in [5.41, 5.74) is 3.51. The number of hydrogen-bond acceptors (Lipinski definition) is 5. The highest BCUT2D eigenvalue weighted by atomic mass is 32.2. The topological polar surface area (TPSA) is 42.3 Å². The summed E-state index contributed by atoms with van der Waals surface area (Å²) in [6.45, 7) is 1.84. The fourth-order valence-corrected chi connectivity index (χ4v) is 4.08. The Hall–Kier alpha value is -1.47. The van der Waals surface area contributed by atoms with Gasteiger partial charge in [-0.3, -0.25) is 5.09 Å². The lowest BCUT2D eigenvalue weighted by Gasteiger charge is -2.34. The minimum absolute atomic E-state index is 0.223. The van der Waals surface area contributed by atoms with E-state index in [0.29, 0.717) is 6.61 Å². The number of nitrogens with one attached hydrogen (secondary N) is 1. The molecule has 0 saturated heterocycles. The van der Waals surface area contributed by atoms with Crippen LogP contribution in [-0.4, -0.2) is 33.0 Å². The third-order valence-electron chi connectivity index (χ3n) is 4.72. The molecule has 0 bridgehead atoms. The van der Waals surface area contributed by atoms with Crippen LogP contribution in [0.5, 0.6) is 0 Å². The number of halogens is 2. The lowest BCUT2D eigenvalue weighted by Crippen LogP contribution is -2.36. The first-order valence-electron chi connectivity index (χ1n) is 8.19. The van der Waals surface area contributed by atoms with E-state index < -0.39 is 17.7 Å². The number of aromatic nitrogens is 2. The van der Waals surface area contributed by atoms with E-state index in [1.165, 1.54) is 11.6 Å². The van der Waals surface area contributed by atoms with Gasteiger partial charge in [-0.15, -0.1) is 0 Å². The Kier molecular flexibility index (Phi) is 5.01. The maximum atomic E-state index is 14.1. The van der Waals surface area contributed by atoms with Gasteiger partial charge in [0.2, 0.25) is 0 Å². The molecule has 3 atom stereocenters. The number of fused-ring (bicyclic) bond motifs is 1. The average molecular weight is 396 g/mol. The Balaban J connectivity index is 1.54.